The van der Waals surface area contributed by atoms with E-state index in [1.54, 1.807) is 29.2 Å². The van der Waals surface area contributed by atoms with Crippen molar-refractivity contribution in [3.63, 3.8) is 0 Å². The van der Waals surface area contributed by atoms with Gasteiger partial charge in [0.1, 0.15) is 12.4 Å². The second kappa shape index (κ2) is 8.48. The van der Waals surface area contributed by atoms with Gasteiger partial charge in [-0.3, -0.25) is 9.69 Å². The molecule has 6 nitrogen and oxygen atoms in total. The number of hydrogen-bond donors (Lipinski definition) is 2. The Morgan fingerprint density at radius 1 is 0.966 bits per heavy atom. The van der Waals surface area contributed by atoms with Crippen LogP contribution in [0, 0.1) is 0 Å². The number of carbonyl (C=O) groups is 2. The van der Waals surface area contributed by atoms with Crippen molar-refractivity contribution < 1.29 is 14.3 Å². The number of anilines is 2. The van der Waals surface area contributed by atoms with Gasteiger partial charge in [0, 0.05) is 30.0 Å². The molecule has 0 bridgehead atoms. The van der Waals surface area contributed by atoms with Crippen molar-refractivity contribution in [1.82, 2.24) is 5.32 Å². The first-order valence-corrected chi connectivity index (χ1v) is 9.43. The van der Waals surface area contributed by atoms with Crippen LogP contribution in [0.4, 0.5) is 16.2 Å². The zero-order chi connectivity index (χ0) is 20.1. The molecule has 6 heteroatoms. The predicted octanol–water partition coefficient (Wildman–Crippen LogP) is 4.05. The van der Waals surface area contributed by atoms with Crippen LogP contribution in [0.5, 0.6) is 5.75 Å². The topological polar surface area (TPSA) is 70.7 Å². The molecule has 1 heterocycles. The van der Waals surface area contributed by atoms with Crippen molar-refractivity contribution in [2.45, 2.75) is 6.61 Å². The highest BCUT2D eigenvalue weighted by Gasteiger charge is 2.20. The fourth-order valence-electron chi connectivity index (χ4n) is 3.08. The second-order valence-corrected chi connectivity index (χ2v) is 6.68. The van der Waals surface area contributed by atoms with Crippen LogP contribution in [-0.2, 0) is 6.61 Å². The summed E-state index contributed by atoms with van der Waals surface area (Å²) in [7, 11) is 0. The Morgan fingerprint density at radius 2 is 1.69 bits per heavy atom. The van der Waals surface area contributed by atoms with E-state index in [1.165, 1.54) is 0 Å². The molecule has 2 N–H and O–H groups in total. The molecule has 3 aromatic carbocycles. The standard InChI is InChI=1S/C23H21N3O3/c27-22(25-19-10-12-20(13-11-19)26-15-14-24-23(26)28)18-8-6-17(7-9-18)16-29-21-4-2-1-3-5-21/h1-13H,14-16H2,(H,24,28)(H,25,27). The summed E-state index contributed by atoms with van der Waals surface area (Å²) in [5.41, 5.74) is 3.03. The van der Waals surface area contributed by atoms with Crippen LogP contribution < -0.4 is 20.3 Å². The Labute approximate surface area is 169 Å². The molecule has 0 aliphatic carbocycles. The number of benzene rings is 3. The molecule has 146 valence electrons. The van der Waals surface area contributed by atoms with Crippen molar-refractivity contribution in [3.8, 4) is 5.75 Å². The summed E-state index contributed by atoms with van der Waals surface area (Å²) in [4.78, 5) is 25.9. The minimum absolute atomic E-state index is 0.0990. The maximum atomic E-state index is 12.5. The van der Waals surface area contributed by atoms with Gasteiger partial charge in [-0.05, 0) is 54.1 Å². The van der Waals surface area contributed by atoms with E-state index in [-0.39, 0.29) is 11.9 Å². The third-order valence-electron chi connectivity index (χ3n) is 4.66. The zero-order valence-electron chi connectivity index (χ0n) is 15.8. The van der Waals surface area contributed by atoms with Crippen molar-refractivity contribution >= 4 is 23.3 Å². The van der Waals surface area contributed by atoms with Gasteiger partial charge in [0.25, 0.3) is 5.91 Å². The van der Waals surface area contributed by atoms with Gasteiger partial charge in [0.05, 0.1) is 0 Å². The molecule has 1 saturated heterocycles. The number of amides is 3. The molecule has 0 spiro atoms. The Balaban J connectivity index is 1.34. The first-order chi connectivity index (χ1) is 14.2. The molecular formula is C23H21N3O3. The lowest BCUT2D eigenvalue weighted by Gasteiger charge is -2.14. The highest BCUT2D eigenvalue weighted by Crippen LogP contribution is 2.20. The van der Waals surface area contributed by atoms with Gasteiger partial charge in [0.15, 0.2) is 0 Å². The van der Waals surface area contributed by atoms with Gasteiger partial charge in [-0.25, -0.2) is 4.79 Å². The van der Waals surface area contributed by atoms with E-state index >= 15 is 0 Å². The minimum Gasteiger partial charge on any atom is -0.489 e. The number of ether oxygens (including phenoxy) is 1. The molecule has 3 aromatic rings. The van der Waals surface area contributed by atoms with Crippen LogP contribution in [0.15, 0.2) is 78.9 Å². The Morgan fingerprint density at radius 3 is 2.34 bits per heavy atom. The number of nitrogens with zero attached hydrogens (tertiary/aromatic N) is 1. The minimum atomic E-state index is -0.188. The first-order valence-electron chi connectivity index (χ1n) is 9.43. The average Bonchev–Trinajstić information content (AvgIpc) is 3.20. The molecule has 0 aromatic heterocycles. The van der Waals surface area contributed by atoms with Crippen LogP contribution in [0.25, 0.3) is 0 Å². The summed E-state index contributed by atoms with van der Waals surface area (Å²) in [6, 6.07) is 24.1. The molecule has 0 radical (unpaired) electrons. The van der Waals surface area contributed by atoms with E-state index in [0.29, 0.717) is 30.9 Å². The largest absolute Gasteiger partial charge is 0.489 e. The fraction of sp³-hybridized carbons (Fsp3) is 0.130. The van der Waals surface area contributed by atoms with Gasteiger partial charge in [0.2, 0.25) is 0 Å². The van der Waals surface area contributed by atoms with Crippen LogP contribution in [0.3, 0.4) is 0 Å². The van der Waals surface area contributed by atoms with E-state index in [4.69, 9.17) is 4.74 Å². The smallest absolute Gasteiger partial charge is 0.321 e. The molecular weight excluding hydrogens is 366 g/mol. The number of urea groups is 1. The lowest BCUT2D eigenvalue weighted by Crippen LogP contribution is -2.27. The van der Waals surface area contributed by atoms with Crippen LogP contribution in [-0.4, -0.2) is 25.0 Å². The summed E-state index contributed by atoms with van der Waals surface area (Å²) < 4.78 is 5.72. The predicted molar refractivity (Wildman–Crippen MR) is 112 cm³/mol. The van der Waals surface area contributed by atoms with Crippen LogP contribution in [0.1, 0.15) is 15.9 Å². The molecule has 1 fully saturated rings. The quantitative estimate of drug-likeness (QED) is 0.670. The van der Waals surface area contributed by atoms with Crippen LogP contribution in [0.2, 0.25) is 0 Å². The maximum Gasteiger partial charge on any atom is 0.321 e. The monoisotopic (exact) mass is 387 g/mol. The van der Waals surface area contributed by atoms with Crippen LogP contribution >= 0.6 is 0 Å². The molecule has 0 saturated carbocycles. The fourth-order valence-corrected chi connectivity index (χ4v) is 3.08. The summed E-state index contributed by atoms with van der Waals surface area (Å²) >= 11 is 0. The summed E-state index contributed by atoms with van der Waals surface area (Å²) in [6.45, 7) is 1.73. The molecule has 3 amide bonds. The summed E-state index contributed by atoms with van der Waals surface area (Å²) in [5, 5.41) is 5.64. The number of carbonyl (C=O) groups excluding carboxylic acids is 2. The molecule has 4 rings (SSSR count). The maximum absolute atomic E-state index is 12.5. The van der Waals surface area contributed by atoms with Crippen molar-refractivity contribution in [3.05, 3.63) is 90.0 Å². The van der Waals surface area contributed by atoms with Gasteiger partial charge in [-0.15, -0.1) is 0 Å². The molecule has 29 heavy (non-hydrogen) atoms. The van der Waals surface area contributed by atoms with Gasteiger partial charge in [-0.2, -0.15) is 0 Å². The second-order valence-electron chi connectivity index (χ2n) is 6.68. The average molecular weight is 387 g/mol. The normalized spacial score (nSPS) is 13.1. The van der Waals surface area contributed by atoms with E-state index < -0.39 is 0 Å². The Bertz CT molecular complexity index is 986. The lowest BCUT2D eigenvalue weighted by atomic mass is 10.1. The summed E-state index contributed by atoms with van der Waals surface area (Å²) in [5.74, 6) is 0.622. The zero-order valence-corrected chi connectivity index (χ0v) is 15.8. The number of para-hydroxylation sites is 1. The Kier molecular flexibility index (Phi) is 5.42. The third-order valence-corrected chi connectivity index (χ3v) is 4.66. The molecule has 1 aliphatic rings. The third kappa shape index (κ3) is 4.55. The van der Waals surface area contributed by atoms with Gasteiger partial charge >= 0.3 is 6.03 Å². The van der Waals surface area contributed by atoms with E-state index in [0.717, 1.165) is 17.0 Å². The molecule has 0 atom stereocenters. The number of hydrogen-bond acceptors (Lipinski definition) is 3. The number of nitrogens with one attached hydrogen (secondary N) is 2. The van der Waals surface area contributed by atoms with Crippen molar-refractivity contribution in [2.24, 2.45) is 0 Å². The number of rotatable bonds is 6. The summed E-state index contributed by atoms with van der Waals surface area (Å²) in [6.07, 6.45) is 0. The Hall–Kier alpha value is -3.80. The lowest BCUT2D eigenvalue weighted by molar-refractivity contribution is 0.102. The van der Waals surface area contributed by atoms with Gasteiger partial charge in [-0.1, -0.05) is 30.3 Å². The molecule has 0 unspecified atom stereocenters. The molecule has 1 aliphatic heterocycles. The van der Waals surface area contributed by atoms with E-state index in [1.807, 2.05) is 54.6 Å². The highest BCUT2D eigenvalue weighted by atomic mass is 16.5. The van der Waals surface area contributed by atoms with E-state index in [2.05, 4.69) is 10.6 Å². The van der Waals surface area contributed by atoms with Crippen molar-refractivity contribution in [1.29, 1.82) is 0 Å². The first kappa shape index (κ1) is 18.6. The highest BCUT2D eigenvalue weighted by molar-refractivity contribution is 6.04. The van der Waals surface area contributed by atoms with Gasteiger partial charge < -0.3 is 15.4 Å². The SMILES string of the molecule is O=C(Nc1ccc(N2CCNC2=O)cc1)c1ccc(COc2ccccc2)cc1. The van der Waals surface area contributed by atoms with E-state index in [9.17, 15) is 9.59 Å². The van der Waals surface area contributed by atoms with Crippen molar-refractivity contribution in [2.75, 3.05) is 23.3 Å².